The van der Waals surface area contributed by atoms with Crippen molar-refractivity contribution in [2.75, 3.05) is 20.2 Å². The molecule has 0 saturated carbocycles. The Morgan fingerprint density at radius 3 is 2.54 bits per heavy atom. The standard InChI is InChI=1S/C8H12N2O.C2H6/c1-4-7-8(9-2)10(3)5-6-11-7;1-2/h4H,1-2,5-6H2,3H3;1-2H3. The number of ether oxygens (including phenoxy) is 1. The third-order valence-electron chi connectivity index (χ3n) is 1.60. The average Bonchev–Trinajstić information content (AvgIpc) is 2.20. The van der Waals surface area contributed by atoms with Crippen molar-refractivity contribution in [1.82, 2.24) is 4.90 Å². The molecule has 1 heterocycles. The van der Waals surface area contributed by atoms with Crippen molar-refractivity contribution in [3.63, 3.8) is 0 Å². The summed E-state index contributed by atoms with van der Waals surface area (Å²) >= 11 is 0. The maximum Gasteiger partial charge on any atom is 0.170 e. The number of allylic oxidation sites excluding steroid dienone is 1. The van der Waals surface area contributed by atoms with Crippen molar-refractivity contribution >= 4 is 6.72 Å². The number of rotatable bonds is 2. The third-order valence-corrected chi connectivity index (χ3v) is 1.60. The van der Waals surface area contributed by atoms with Gasteiger partial charge in [0.1, 0.15) is 6.61 Å². The van der Waals surface area contributed by atoms with E-state index in [1.165, 1.54) is 0 Å². The summed E-state index contributed by atoms with van der Waals surface area (Å²) in [7, 11) is 1.95. The highest BCUT2D eigenvalue weighted by Gasteiger charge is 2.14. The Bertz CT molecular complexity index is 209. The molecule has 0 aromatic heterocycles. The van der Waals surface area contributed by atoms with Gasteiger partial charge in [-0.1, -0.05) is 20.4 Å². The number of hydrogen-bond acceptors (Lipinski definition) is 3. The SMILES string of the molecule is C=CC1=C(N=C)N(C)CCO1.CC. The third kappa shape index (κ3) is 2.93. The number of aliphatic imine (C=N–C) groups is 1. The first kappa shape index (κ1) is 11.8. The molecule has 0 radical (unpaired) electrons. The highest BCUT2D eigenvalue weighted by molar-refractivity contribution is 5.31. The van der Waals surface area contributed by atoms with Crippen molar-refractivity contribution in [2.24, 2.45) is 4.99 Å². The first-order valence-corrected chi connectivity index (χ1v) is 4.47. The normalized spacial score (nSPS) is 15.5. The topological polar surface area (TPSA) is 24.8 Å². The molecule has 1 rings (SSSR count). The van der Waals surface area contributed by atoms with E-state index in [0.29, 0.717) is 12.4 Å². The van der Waals surface area contributed by atoms with Crippen LogP contribution < -0.4 is 0 Å². The smallest absolute Gasteiger partial charge is 0.170 e. The Morgan fingerprint density at radius 2 is 2.15 bits per heavy atom. The fourth-order valence-corrected chi connectivity index (χ4v) is 1.000. The van der Waals surface area contributed by atoms with E-state index in [0.717, 1.165) is 12.4 Å². The van der Waals surface area contributed by atoms with E-state index in [4.69, 9.17) is 4.74 Å². The molecule has 0 aliphatic carbocycles. The zero-order chi connectivity index (χ0) is 10.3. The number of hydrogen-bond donors (Lipinski definition) is 0. The van der Waals surface area contributed by atoms with Gasteiger partial charge in [0.05, 0.1) is 6.54 Å². The summed E-state index contributed by atoms with van der Waals surface area (Å²) < 4.78 is 5.29. The molecule has 0 bridgehead atoms. The molecule has 0 amide bonds. The van der Waals surface area contributed by atoms with Crippen LogP contribution in [-0.2, 0) is 4.74 Å². The molecule has 3 heteroatoms. The molecular weight excluding hydrogens is 164 g/mol. The van der Waals surface area contributed by atoms with Gasteiger partial charge in [0.2, 0.25) is 0 Å². The molecule has 0 N–H and O–H groups in total. The molecule has 1 aliphatic heterocycles. The molecule has 0 unspecified atom stereocenters. The quantitative estimate of drug-likeness (QED) is 0.610. The lowest BCUT2D eigenvalue weighted by Crippen LogP contribution is -2.27. The minimum Gasteiger partial charge on any atom is -0.488 e. The summed E-state index contributed by atoms with van der Waals surface area (Å²) in [6.45, 7) is 12.6. The molecule has 0 atom stereocenters. The van der Waals surface area contributed by atoms with Gasteiger partial charge in [0, 0.05) is 7.05 Å². The van der Waals surface area contributed by atoms with E-state index in [1.54, 1.807) is 6.08 Å². The van der Waals surface area contributed by atoms with Gasteiger partial charge in [-0.15, -0.1) is 0 Å². The summed E-state index contributed by atoms with van der Waals surface area (Å²) in [5.41, 5.74) is 0. The second-order valence-electron chi connectivity index (χ2n) is 2.32. The predicted octanol–water partition coefficient (Wildman–Crippen LogP) is 2.03. The van der Waals surface area contributed by atoms with Gasteiger partial charge >= 0.3 is 0 Å². The minimum atomic E-state index is 0.691. The molecule has 0 fully saturated rings. The van der Waals surface area contributed by atoms with Crippen LogP contribution >= 0.6 is 0 Å². The van der Waals surface area contributed by atoms with Gasteiger partial charge in [-0.25, -0.2) is 4.99 Å². The Hall–Kier alpha value is -1.25. The van der Waals surface area contributed by atoms with Crippen LogP contribution in [0.3, 0.4) is 0 Å². The van der Waals surface area contributed by atoms with Crippen LogP contribution in [0.25, 0.3) is 0 Å². The fourth-order valence-electron chi connectivity index (χ4n) is 1.000. The highest BCUT2D eigenvalue weighted by Crippen LogP contribution is 2.16. The Labute approximate surface area is 80.4 Å². The van der Waals surface area contributed by atoms with Gasteiger partial charge in [-0.2, -0.15) is 0 Å². The van der Waals surface area contributed by atoms with Crippen molar-refractivity contribution < 1.29 is 4.74 Å². The zero-order valence-electron chi connectivity index (χ0n) is 8.71. The number of nitrogens with zero attached hydrogens (tertiary/aromatic N) is 2. The summed E-state index contributed by atoms with van der Waals surface area (Å²) in [5.74, 6) is 1.49. The first-order valence-electron chi connectivity index (χ1n) is 4.47. The first-order chi connectivity index (χ1) is 6.29. The van der Waals surface area contributed by atoms with Gasteiger partial charge in [-0.05, 0) is 12.8 Å². The molecule has 0 spiro atoms. The van der Waals surface area contributed by atoms with Crippen LogP contribution in [0.5, 0.6) is 0 Å². The lowest BCUT2D eigenvalue weighted by Gasteiger charge is -2.26. The maximum atomic E-state index is 5.29. The molecule has 0 aromatic rings. The van der Waals surface area contributed by atoms with Crippen molar-refractivity contribution in [3.8, 4) is 0 Å². The van der Waals surface area contributed by atoms with E-state index < -0.39 is 0 Å². The Morgan fingerprint density at radius 1 is 1.54 bits per heavy atom. The summed E-state index contributed by atoms with van der Waals surface area (Å²) in [4.78, 5) is 5.83. The van der Waals surface area contributed by atoms with Gasteiger partial charge < -0.3 is 9.64 Å². The molecule has 0 aromatic carbocycles. The van der Waals surface area contributed by atoms with E-state index in [1.807, 2.05) is 25.8 Å². The lowest BCUT2D eigenvalue weighted by molar-refractivity contribution is 0.151. The van der Waals surface area contributed by atoms with Crippen LogP contribution in [0.1, 0.15) is 13.8 Å². The van der Waals surface area contributed by atoms with Crippen molar-refractivity contribution in [3.05, 3.63) is 24.2 Å². The molecule has 3 nitrogen and oxygen atoms in total. The zero-order valence-corrected chi connectivity index (χ0v) is 8.71. The van der Waals surface area contributed by atoms with Gasteiger partial charge in [0.25, 0.3) is 0 Å². The van der Waals surface area contributed by atoms with E-state index >= 15 is 0 Å². The Kier molecular flexibility index (Phi) is 5.68. The van der Waals surface area contributed by atoms with Crippen LogP contribution in [-0.4, -0.2) is 31.8 Å². The average molecular weight is 182 g/mol. The lowest BCUT2D eigenvalue weighted by atomic mass is 10.4. The van der Waals surface area contributed by atoms with E-state index in [2.05, 4.69) is 18.3 Å². The molecule has 74 valence electrons. The van der Waals surface area contributed by atoms with E-state index in [9.17, 15) is 0 Å². The molecule has 13 heavy (non-hydrogen) atoms. The summed E-state index contributed by atoms with van der Waals surface area (Å²) in [6, 6.07) is 0. The monoisotopic (exact) mass is 182 g/mol. The molecule has 1 aliphatic rings. The van der Waals surface area contributed by atoms with Crippen LogP contribution in [0.4, 0.5) is 0 Å². The largest absolute Gasteiger partial charge is 0.488 e. The van der Waals surface area contributed by atoms with E-state index in [-0.39, 0.29) is 0 Å². The van der Waals surface area contributed by atoms with Crippen molar-refractivity contribution in [2.45, 2.75) is 13.8 Å². The minimum absolute atomic E-state index is 0.691. The van der Waals surface area contributed by atoms with Gasteiger partial charge in [0.15, 0.2) is 11.6 Å². The van der Waals surface area contributed by atoms with Crippen LogP contribution in [0.2, 0.25) is 0 Å². The van der Waals surface area contributed by atoms with Crippen LogP contribution in [0, 0.1) is 0 Å². The summed E-state index contributed by atoms with van der Waals surface area (Å²) in [6.07, 6.45) is 1.65. The maximum absolute atomic E-state index is 5.29. The van der Waals surface area contributed by atoms with Crippen molar-refractivity contribution in [1.29, 1.82) is 0 Å². The van der Waals surface area contributed by atoms with Gasteiger partial charge in [-0.3, -0.25) is 0 Å². The highest BCUT2D eigenvalue weighted by atomic mass is 16.5. The van der Waals surface area contributed by atoms with Crippen LogP contribution in [0.15, 0.2) is 29.2 Å². The second kappa shape index (κ2) is 6.29. The number of likely N-dealkylation sites (N-methyl/N-ethyl adjacent to an activating group) is 1. The predicted molar refractivity (Wildman–Crippen MR) is 56.7 cm³/mol. The summed E-state index contributed by atoms with van der Waals surface area (Å²) in [5, 5.41) is 0. The molecular formula is C10H18N2O. The molecule has 0 saturated heterocycles. The fraction of sp³-hybridized carbons (Fsp3) is 0.500. The Balaban J connectivity index is 0.000000671. The second-order valence-corrected chi connectivity index (χ2v) is 2.32.